The largest absolute Gasteiger partial charge is 0.464 e. The van der Waals surface area contributed by atoms with Crippen molar-refractivity contribution in [2.75, 3.05) is 5.32 Å². The van der Waals surface area contributed by atoms with Crippen molar-refractivity contribution in [3.05, 3.63) is 77.3 Å². The Morgan fingerprint density at radius 1 is 1.06 bits per heavy atom. The van der Waals surface area contributed by atoms with E-state index in [0.29, 0.717) is 11.4 Å². The predicted octanol–water partition coefficient (Wildman–Crippen LogP) is 4.16. The van der Waals surface area contributed by atoms with Crippen LogP contribution in [0.5, 0.6) is 0 Å². The fourth-order valence-electron chi connectivity index (χ4n) is 3.51. The first-order valence-corrected chi connectivity index (χ1v) is 11.1. The van der Waals surface area contributed by atoms with Crippen LogP contribution < -0.4 is 5.32 Å². The van der Waals surface area contributed by atoms with Crippen molar-refractivity contribution in [2.24, 2.45) is 0 Å². The zero-order valence-corrected chi connectivity index (χ0v) is 18.2. The van der Waals surface area contributed by atoms with Crippen LogP contribution in [0.3, 0.4) is 0 Å². The number of carbonyl (C=O) groups is 1. The van der Waals surface area contributed by atoms with E-state index in [0.717, 1.165) is 27.7 Å². The molecule has 7 nitrogen and oxygen atoms in total. The molecule has 0 spiro atoms. The van der Waals surface area contributed by atoms with Crippen LogP contribution >= 0.6 is 0 Å². The maximum absolute atomic E-state index is 12.7. The van der Waals surface area contributed by atoms with Gasteiger partial charge in [-0.25, -0.2) is 18.4 Å². The Morgan fingerprint density at radius 3 is 2.52 bits per heavy atom. The minimum atomic E-state index is -3.83. The maximum atomic E-state index is 12.7. The lowest BCUT2D eigenvalue weighted by Gasteiger charge is -2.07. The normalized spacial score (nSPS) is 11.6. The number of sulfone groups is 1. The molecule has 1 N–H and O–H groups in total. The lowest BCUT2D eigenvalue weighted by atomic mass is 10.0. The Labute approximate surface area is 180 Å². The third-order valence-electron chi connectivity index (χ3n) is 4.91. The van der Waals surface area contributed by atoms with Gasteiger partial charge in [0.25, 0.3) is 5.16 Å². The van der Waals surface area contributed by atoms with Gasteiger partial charge in [-0.2, -0.15) is 0 Å². The second-order valence-corrected chi connectivity index (χ2v) is 9.29. The number of furan rings is 1. The zero-order chi connectivity index (χ0) is 22.2. The predicted molar refractivity (Wildman–Crippen MR) is 117 cm³/mol. The van der Waals surface area contributed by atoms with Crippen LogP contribution in [0.2, 0.25) is 0 Å². The number of nitrogens with one attached hydrogen (secondary N) is 1. The van der Waals surface area contributed by atoms with Crippen molar-refractivity contribution in [1.29, 1.82) is 0 Å². The Balaban J connectivity index is 1.50. The van der Waals surface area contributed by atoms with Gasteiger partial charge in [-0.05, 0) is 68.3 Å². The molecule has 4 aromatic rings. The van der Waals surface area contributed by atoms with Gasteiger partial charge in [0, 0.05) is 28.5 Å². The molecule has 8 heteroatoms. The van der Waals surface area contributed by atoms with Crippen LogP contribution in [0.25, 0.3) is 11.0 Å². The van der Waals surface area contributed by atoms with Gasteiger partial charge in [0.05, 0.1) is 17.6 Å². The molecule has 0 atom stereocenters. The van der Waals surface area contributed by atoms with Crippen molar-refractivity contribution < 1.29 is 17.6 Å². The van der Waals surface area contributed by atoms with Crippen LogP contribution in [-0.2, 0) is 21.1 Å². The summed E-state index contributed by atoms with van der Waals surface area (Å²) in [4.78, 5) is 20.5. The highest BCUT2D eigenvalue weighted by Gasteiger charge is 2.21. The lowest BCUT2D eigenvalue weighted by molar-refractivity contribution is -0.115. The van der Waals surface area contributed by atoms with Crippen LogP contribution in [0.15, 0.2) is 69.4 Å². The highest BCUT2D eigenvalue weighted by molar-refractivity contribution is 7.91. The number of fused-ring (bicyclic) bond motifs is 1. The molecule has 158 valence electrons. The quantitative estimate of drug-likeness (QED) is 0.472. The maximum Gasteiger partial charge on any atom is 0.252 e. The average molecular weight is 436 g/mol. The minimum absolute atomic E-state index is 0.0583. The molecule has 4 rings (SSSR count). The molecule has 0 radical (unpaired) electrons. The molecule has 0 aliphatic rings. The van der Waals surface area contributed by atoms with Crippen molar-refractivity contribution in [3.8, 4) is 0 Å². The Morgan fingerprint density at radius 2 is 1.81 bits per heavy atom. The summed E-state index contributed by atoms with van der Waals surface area (Å²) < 4.78 is 31.0. The highest BCUT2D eigenvalue weighted by atomic mass is 32.2. The Kier molecular flexibility index (Phi) is 5.32. The van der Waals surface area contributed by atoms with Crippen molar-refractivity contribution in [2.45, 2.75) is 37.2 Å². The molecule has 0 saturated carbocycles. The molecule has 0 saturated heterocycles. The summed E-state index contributed by atoms with van der Waals surface area (Å²) in [7, 11) is -3.83. The highest BCUT2D eigenvalue weighted by Crippen LogP contribution is 2.27. The summed E-state index contributed by atoms with van der Waals surface area (Å²) in [5, 5.41) is 3.49. The summed E-state index contributed by atoms with van der Waals surface area (Å²) in [5.41, 5.74) is 4.78. The zero-order valence-electron chi connectivity index (χ0n) is 17.3. The average Bonchev–Trinajstić information content (AvgIpc) is 3.11. The topological polar surface area (TPSA) is 102 Å². The molecule has 2 aromatic heterocycles. The third-order valence-corrected chi connectivity index (χ3v) is 6.48. The van der Waals surface area contributed by atoms with Crippen LogP contribution in [0.4, 0.5) is 5.69 Å². The Bertz CT molecular complexity index is 1390. The van der Waals surface area contributed by atoms with Crippen molar-refractivity contribution in [3.63, 3.8) is 0 Å². The van der Waals surface area contributed by atoms with Gasteiger partial charge >= 0.3 is 0 Å². The van der Waals surface area contributed by atoms with E-state index in [-0.39, 0.29) is 22.4 Å². The molecule has 0 aliphatic carbocycles. The van der Waals surface area contributed by atoms with Gasteiger partial charge < -0.3 is 9.73 Å². The number of hydrogen-bond donors (Lipinski definition) is 1. The molecule has 0 bridgehead atoms. The smallest absolute Gasteiger partial charge is 0.252 e. The number of anilines is 1. The molecule has 0 fully saturated rings. The molecule has 2 aromatic carbocycles. The number of rotatable bonds is 5. The monoisotopic (exact) mass is 435 g/mol. The second kappa shape index (κ2) is 7.96. The molecular formula is C23H21N3O4S. The summed E-state index contributed by atoms with van der Waals surface area (Å²) in [6, 6.07) is 11.6. The summed E-state index contributed by atoms with van der Waals surface area (Å²) >= 11 is 0. The number of aromatic nitrogens is 2. The summed E-state index contributed by atoms with van der Waals surface area (Å²) in [6.45, 7) is 5.69. The van der Waals surface area contributed by atoms with E-state index < -0.39 is 9.84 Å². The molecule has 2 heterocycles. The summed E-state index contributed by atoms with van der Waals surface area (Å²) in [6.07, 6.45) is 3.16. The van der Waals surface area contributed by atoms with Gasteiger partial charge in [-0.15, -0.1) is 0 Å². The number of hydrogen-bond acceptors (Lipinski definition) is 6. The fraction of sp³-hybridized carbons (Fsp3) is 0.174. The first-order chi connectivity index (χ1) is 14.7. The number of carbonyl (C=O) groups excluding carboxylic acids is 1. The fourth-order valence-corrected chi connectivity index (χ4v) is 4.68. The third kappa shape index (κ3) is 4.20. The van der Waals surface area contributed by atoms with Crippen LogP contribution in [0.1, 0.15) is 22.4 Å². The Hall–Kier alpha value is -3.52. The van der Waals surface area contributed by atoms with E-state index in [1.54, 1.807) is 31.4 Å². The first-order valence-electron chi connectivity index (χ1n) is 9.66. The van der Waals surface area contributed by atoms with Gasteiger partial charge in [0.15, 0.2) is 0 Å². The molecule has 0 unspecified atom stereocenters. The second-order valence-electron chi connectivity index (χ2n) is 7.45. The van der Waals surface area contributed by atoms with E-state index >= 15 is 0 Å². The number of benzene rings is 2. The van der Waals surface area contributed by atoms with Gasteiger partial charge in [-0.3, -0.25) is 4.79 Å². The standard InChI is InChI=1S/C23H21N3O4S/c1-14-10-15(2)22-17(13-30-20(22)11-14)12-21(27)26-18-4-6-19(7-5-18)31(28,29)23-24-9-8-16(3)25-23/h4-11,13H,12H2,1-3H3,(H,26,27). The molecule has 1 amide bonds. The molecule has 31 heavy (non-hydrogen) atoms. The van der Waals surface area contributed by atoms with Gasteiger partial charge in [0.2, 0.25) is 15.7 Å². The van der Waals surface area contributed by atoms with E-state index in [1.807, 2.05) is 19.9 Å². The van der Waals surface area contributed by atoms with E-state index in [1.165, 1.54) is 18.3 Å². The van der Waals surface area contributed by atoms with Crippen LogP contribution in [-0.4, -0.2) is 24.3 Å². The van der Waals surface area contributed by atoms with E-state index in [2.05, 4.69) is 21.4 Å². The van der Waals surface area contributed by atoms with Crippen LogP contribution in [0, 0.1) is 20.8 Å². The van der Waals surface area contributed by atoms with Crippen molar-refractivity contribution in [1.82, 2.24) is 9.97 Å². The number of nitrogens with zero attached hydrogens (tertiary/aromatic N) is 2. The van der Waals surface area contributed by atoms with Crippen molar-refractivity contribution >= 4 is 32.4 Å². The molecular weight excluding hydrogens is 414 g/mol. The lowest BCUT2D eigenvalue weighted by Crippen LogP contribution is -2.14. The SMILES string of the molecule is Cc1cc(C)c2c(CC(=O)Nc3ccc(S(=O)(=O)c4nccc(C)n4)cc3)coc2c1. The first kappa shape index (κ1) is 20.7. The van der Waals surface area contributed by atoms with E-state index in [4.69, 9.17) is 4.42 Å². The van der Waals surface area contributed by atoms with Gasteiger partial charge in [0.1, 0.15) is 5.58 Å². The minimum Gasteiger partial charge on any atom is -0.464 e. The molecule has 0 aliphatic heterocycles. The van der Waals surface area contributed by atoms with E-state index in [9.17, 15) is 13.2 Å². The summed E-state index contributed by atoms with van der Waals surface area (Å²) in [5.74, 6) is -0.222. The number of aryl methyl sites for hydroxylation is 3. The van der Waals surface area contributed by atoms with Gasteiger partial charge in [-0.1, -0.05) is 6.07 Å². The number of amides is 1.